The highest BCUT2D eigenvalue weighted by Gasteiger charge is 2.07. The Morgan fingerprint density at radius 2 is 1.96 bits per heavy atom. The van der Waals surface area contributed by atoms with Crippen LogP contribution in [0, 0.1) is 0 Å². The second-order valence-corrected chi connectivity index (χ2v) is 6.79. The summed E-state index contributed by atoms with van der Waals surface area (Å²) in [7, 11) is 1.62. The summed E-state index contributed by atoms with van der Waals surface area (Å²) in [5.74, 6) is 1.30. The SMILES string of the molecule is COc1ccc2nc(SCCC(=O)Nc3ccc(C(C)=O)cc3)[nH]c2c1. The molecule has 1 aromatic heterocycles. The van der Waals surface area contributed by atoms with Crippen molar-refractivity contribution in [1.82, 2.24) is 9.97 Å². The predicted molar refractivity (Wildman–Crippen MR) is 103 cm³/mol. The number of nitrogens with zero attached hydrogens (tertiary/aromatic N) is 1. The Hall–Kier alpha value is -2.80. The fraction of sp³-hybridized carbons (Fsp3) is 0.211. The molecule has 0 spiro atoms. The van der Waals surface area contributed by atoms with E-state index in [0.29, 0.717) is 23.4 Å². The van der Waals surface area contributed by atoms with Gasteiger partial charge in [0.05, 0.1) is 18.1 Å². The number of anilines is 1. The summed E-state index contributed by atoms with van der Waals surface area (Å²) >= 11 is 1.49. The van der Waals surface area contributed by atoms with Gasteiger partial charge in [0.1, 0.15) is 5.75 Å². The highest BCUT2D eigenvalue weighted by molar-refractivity contribution is 7.99. The predicted octanol–water partition coefficient (Wildman–Crippen LogP) is 3.90. The molecule has 2 aromatic carbocycles. The lowest BCUT2D eigenvalue weighted by Gasteiger charge is -2.05. The quantitative estimate of drug-likeness (QED) is 0.487. The van der Waals surface area contributed by atoms with Crippen LogP contribution in [0.25, 0.3) is 11.0 Å². The van der Waals surface area contributed by atoms with Crippen molar-refractivity contribution in [3.63, 3.8) is 0 Å². The molecular weight excluding hydrogens is 350 g/mol. The number of carbonyl (C=O) groups is 2. The molecule has 6 nitrogen and oxygen atoms in total. The molecular formula is C19H19N3O3S. The van der Waals surface area contributed by atoms with Crippen molar-refractivity contribution in [3.05, 3.63) is 48.0 Å². The number of fused-ring (bicyclic) bond motifs is 1. The summed E-state index contributed by atoms with van der Waals surface area (Å²) in [5.41, 5.74) is 3.08. The van der Waals surface area contributed by atoms with Gasteiger partial charge in [-0.25, -0.2) is 4.98 Å². The number of hydrogen-bond donors (Lipinski definition) is 2. The monoisotopic (exact) mass is 369 g/mol. The maximum absolute atomic E-state index is 12.0. The van der Waals surface area contributed by atoms with Gasteiger partial charge in [-0.15, -0.1) is 0 Å². The smallest absolute Gasteiger partial charge is 0.225 e. The third-order valence-corrected chi connectivity index (χ3v) is 4.69. The molecule has 0 aliphatic rings. The summed E-state index contributed by atoms with van der Waals surface area (Å²) < 4.78 is 5.19. The number of benzene rings is 2. The standard InChI is InChI=1S/C19H19N3O3S/c1-12(23)13-3-5-14(6-4-13)20-18(24)9-10-26-19-21-16-8-7-15(25-2)11-17(16)22-19/h3-8,11H,9-10H2,1-2H3,(H,20,24)(H,21,22). The maximum Gasteiger partial charge on any atom is 0.225 e. The van der Waals surface area contributed by atoms with Crippen LogP contribution < -0.4 is 10.1 Å². The number of carbonyl (C=O) groups excluding carboxylic acids is 2. The number of H-pyrrole nitrogens is 1. The van der Waals surface area contributed by atoms with Gasteiger partial charge in [-0.1, -0.05) is 11.8 Å². The lowest BCUT2D eigenvalue weighted by Crippen LogP contribution is -2.12. The summed E-state index contributed by atoms with van der Waals surface area (Å²) in [6.45, 7) is 1.51. The molecule has 1 heterocycles. The molecule has 3 aromatic rings. The van der Waals surface area contributed by atoms with E-state index >= 15 is 0 Å². The zero-order valence-corrected chi connectivity index (χ0v) is 15.4. The first-order chi connectivity index (χ1) is 12.5. The Morgan fingerprint density at radius 1 is 1.19 bits per heavy atom. The number of Topliss-reactive ketones (excluding diaryl/α,β-unsaturated/α-hetero) is 1. The molecule has 7 heteroatoms. The van der Waals surface area contributed by atoms with Crippen LogP contribution in [0.5, 0.6) is 5.75 Å². The number of amides is 1. The highest BCUT2D eigenvalue weighted by atomic mass is 32.2. The summed E-state index contributed by atoms with van der Waals surface area (Å²) in [4.78, 5) is 31.0. The van der Waals surface area contributed by atoms with Gasteiger partial charge >= 0.3 is 0 Å². The Labute approximate surface area is 155 Å². The zero-order valence-electron chi connectivity index (χ0n) is 14.5. The van der Waals surface area contributed by atoms with Gasteiger partial charge in [0.2, 0.25) is 5.91 Å². The van der Waals surface area contributed by atoms with Crippen molar-refractivity contribution in [3.8, 4) is 5.75 Å². The van der Waals surface area contributed by atoms with Crippen LogP contribution in [-0.2, 0) is 4.79 Å². The van der Waals surface area contributed by atoms with Crippen molar-refractivity contribution in [2.45, 2.75) is 18.5 Å². The number of ether oxygens (including phenoxy) is 1. The number of rotatable bonds is 7. The number of methoxy groups -OCH3 is 1. The van der Waals surface area contributed by atoms with Crippen LogP contribution in [0.3, 0.4) is 0 Å². The van der Waals surface area contributed by atoms with Gasteiger partial charge < -0.3 is 15.0 Å². The summed E-state index contributed by atoms with van der Waals surface area (Å²) in [5, 5.41) is 3.60. The van der Waals surface area contributed by atoms with Crippen LogP contribution in [0.1, 0.15) is 23.7 Å². The first-order valence-corrected chi connectivity index (χ1v) is 9.11. The fourth-order valence-electron chi connectivity index (χ4n) is 2.41. The van der Waals surface area contributed by atoms with E-state index < -0.39 is 0 Å². The van der Waals surface area contributed by atoms with Crippen molar-refractivity contribution in [2.75, 3.05) is 18.2 Å². The van der Waals surface area contributed by atoms with Gasteiger partial charge in [0, 0.05) is 29.5 Å². The largest absolute Gasteiger partial charge is 0.497 e. The van der Waals surface area contributed by atoms with E-state index in [4.69, 9.17) is 4.74 Å². The van der Waals surface area contributed by atoms with E-state index in [9.17, 15) is 9.59 Å². The number of hydrogen-bond acceptors (Lipinski definition) is 5. The third-order valence-electron chi connectivity index (χ3n) is 3.81. The molecule has 26 heavy (non-hydrogen) atoms. The van der Waals surface area contributed by atoms with Crippen LogP contribution >= 0.6 is 11.8 Å². The molecule has 0 unspecified atom stereocenters. The van der Waals surface area contributed by atoms with E-state index in [1.165, 1.54) is 18.7 Å². The van der Waals surface area contributed by atoms with Crippen molar-refractivity contribution in [1.29, 1.82) is 0 Å². The van der Waals surface area contributed by atoms with Gasteiger partial charge in [-0.3, -0.25) is 9.59 Å². The van der Waals surface area contributed by atoms with Crippen molar-refractivity contribution >= 4 is 40.2 Å². The maximum atomic E-state index is 12.0. The molecule has 0 atom stereocenters. The van der Waals surface area contributed by atoms with Crippen LogP contribution in [0.2, 0.25) is 0 Å². The molecule has 0 aliphatic carbocycles. The average Bonchev–Trinajstić information content (AvgIpc) is 3.03. The lowest BCUT2D eigenvalue weighted by molar-refractivity contribution is -0.115. The van der Waals surface area contributed by atoms with Crippen LogP contribution in [0.15, 0.2) is 47.6 Å². The van der Waals surface area contributed by atoms with Gasteiger partial charge in [-0.05, 0) is 43.3 Å². The van der Waals surface area contributed by atoms with Crippen molar-refractivity contribution < 1.29 is 14.3 Å². The Bertz CT molecular complexity index is 935. The summed E-state index contributed by atoms with van der Waals surface area (Å²) in [6.07, 6.45) is 0.361. The minimum absolute atomic E-state index is 0.00253. The molecule has 0 aliphatic heterocycles. The molecule has 0 bridgehead atoms. The third kappa shape index (κ3) is 4.43. The molecule has 0 saturated heterocycles. The normalized spacial score (nSPS) is 10.7. The first-order valence-electron chi connectivity index (χ1n) is 8.12. The van der Waals surface area contributed by atoms with Gasteiger partial charge in [0.25, 0.3) is 0 Å². The number of ketones is 1. The minimum Gasteiger partial charge on any atom is -0.497 e. The second kappa shape index (κ2) is 8.05. The molecule has 134 valence electrons. The Kier molecular flexibility index (Phi) is 5.58. The van der Waals surface area contributed by atoms with Crippen molar-refractivity contribution in [2.24, 2.45) is 0 Å². The molecule has 0 saturated carbocycles. The molecule has 0 radical (unpaired) electrons. The second-order valence-electron chi connectivity index (χ2n) is 5.71. The number of nitrogens with one attached hydrogen (secondary N) is 2. The van der Waals surface area contributed by atoms with E-state index in [1.807, 2.05) is 18.2 Å². The molecule has 3 rings (SSSR count). The van der Waals surface area contributed by atoms with Gasteiger partial charge in [0.15, 0.2) is 10.9 Å². The first kappa shape index (κ1) is 18.0. The fourth-order valence-corrected chi connectivity index (χ4v) is 3.24. The van der Waals surface area contributed by atoms with E-state index in [0.717, 1.165) is 21.9 Å². The number of imidazole rings is 1. The van der Waals surface area contributed by atoms with E-state index in [-0.39, 0.29) is 11.7 Å². The highest BCUT2D eigenvalue weighted by Crippen LogP contribution is 2.23. The van der Waals surface area contributed by atoms with Crippen LogP contribution in [-0.4, -0.2) is 34.5 Å². The average molecular weight is 369 g/mol. The van der Waals surface area contributed by atoms with E-state index in [1.54, 1.807) is 31.4 Å². The molecule has 2 N–H and O–H groups in total. The van der Waals surface area contributed by atoms with E-state index in [2.05, 4.69) is 15.3 Å². The topological polar surface area (TPSA) is 84.1 Å². The number of aromatic amines is 1. The molecule has 0 fully saturated rings. The lowest BCUT2D eigenvalue weighted by atomic mass is 10.1. The Morgan fingerprint density at radius 3 is 2.65 bits per heavy atom. The number of aromatic nitrogens is 2. The minimum atomic E-state index is -0.0779. The van der Waals surface area contributed by atoms with Crippen LogP contribution in [0.4, 0.5) is 5.69 Å². The van der Waals surface area contributed by atoms with Gasteiger partial charge in [-0.2, -0.15) is 0 Å². The number of thioether (sulfide) groups is 1. The summed E-state index contributed by atoms with van der Waals surface area (Å²) in [6, 6.07) is 12.5. The zero-order chi connectivity index (χ0) is 18.5. The Balaban J connectivity index is 1.51. The molecule has 1 amide bonds.